The van der Waals surface area contributed by atoms with Crippen LogP contribution in [0.15, 0.2) is 66.1 Å². The Morgan fingerprint density at radius 2 is 1.56 bits per heavy atom. The molecule has 1 heterocycles. The van der Waals surface area contributed by atoms with Crippen molar-refractivity contribution < 1.29 is 30.0 Å². The van der Waals surface area contributed by atoms with E-state index in [2.05, 4.69) is 55.2 Å². The molecule has 0 bridgehead atoms. The molecule has 1 unspecified atom stereocenters. The largest absolute Gasteiger partial charge is 0.511 e. The number of nitrogens with zero attached hydrogens (tertiary/aromatic N) is 1. The first kappa shape index (κ1) is 28.3. The van der Waals surface area contributed by atoms with Crippen molar-refractivity contribution in [2.45, 2.75) is 73.1 Å². The van der Waals surface area contributed by atoms with Crippen LogP contribution >= 0.6 is 0 Å². The summed E-state index contributed by atoms with van der Waals surface area (Å²) in [6, 6.07) is 19.7. The summed E-state index contributed by atoms with van der Waals surface area (Å²) < 4.78 is 0. The van der Waals surface area contributed by atoms with Gasteiger partial charge in [-0.05, 0) is 59.5 Å². The van der Waals surface area contributed by atoms with Crippen LogP contribution in [0.3, 0.4) is 0 Å². The fourth-order valence-electron chi connectivity index (χ4n) is 5.38. The molecular weight excluding hydrogens is 623 g/mol. The van der Waals surface area contributed by atoms with Crippen molar-refractivity contribution in [2.75, 3.05) is 0 Å². The summed E-state index contributed by atoms with van der Waals surface area (Å²) in [6.07, 6.45) is 6.04. The van der Waals surface area contributed by atoms with Crippen LogP contribution in [-0.2, 0) is 24.9 Å². The molecule has 36 heavy (non-hydrogen) atoms. The van der Waals surface area contributed by atoms with Crippen LogP contribution in [0.4, 0.5) is 0 Å². The summed E-state index contributed by atoms with van der Waals surface area (Å²) in [7, 11) is 0. The molecule has 0 spiro atoms. The average Bonchev–Trinajstić information content (AvgIpc) is 2.84. The number of carbonyl (C=O) groups excluding carboxylic acids is 1. The number of benzene rings is 2. The predicted molar refractivity (Wildman–Crippen MR) is 144 cm³/mol. The Kier molecular flexibility index (Phi) is 8.63. The van der Waals surface area contributed by atoms with E-state index in [-0.39, 0.29) is 36.7 Å². The third-order valence-electron chi connectivity index (χ3n) is 7.81. The maximum absolute atomic E-state index is 12.4. The molecule has 3 nitrogen and oxygen atoms in total. The van der Waals surface area contributed by atoms with Gasteiger partial charge in [0.05, 0.1) is 0 Å². The van der Waals surface area contributed by atoms with Gasteiger partial charge >= 0.3 is 0 Å². The van der Waals surface area contributed by atoms with Gasteiger partial charge in [-0.15, -0.1) is 35.9 Å². The first-order chi connectivity index (χ1) is 16.5. The minimum absolute atomic E-state index is 0. The molecule has 5 rings (SSSR count). The number of hydrogen-bond donors (Lipinski definition) is 1. The van der Waals surface area contributed by atoms with Gasteiger partial charge < -0.3 is 10.1 Å². The molecule has 3 aromatic rings. The molecule has 1 atom stereocenters. The minimum atomic E-state index is -0.284. The maximum Gasteiger partial charge on any atom is 0.168 e. The second-order valence-electron chi connectivity index (χ2n) is 11.7. The molecular formula is C32H38IrNO2-. The molecule has 1 saturated carbocycles. The van der Waals surface area contributed by atoms with Gasteiger partial charge in [0.15, 0.2) is 5.78 Å². The van der Waals surface area contributed by atoms with Gasteiger partial charge in [0.2, 0.25) is 0 Å². The normalized spacial score (nSPS) is 20.3. The summed E-state index contributed by atoms with van der Waals surface area (Å²) >= 11 is 0. The number of hydrogen-bond acceptors (Lipinski definition) is 3. The second-order valence-corrected chi connectivity index (χ2v) is 11.7. The molecule has 4 heteroatoms. The van der Waals surface area contributed by atoms with Crippen molar-refractivity contribution in [3.05, 3.63) is 77.7 Å². The van der Waals surface area contributed by atoms with E-state index in [0.29, 0.717) is 17.6 Å². The van der Waals surface area contributed by atoms with Gasteiger partial charge in [-0.3, -0.25) is 4.79 Å². The number of fused-ring (bicyclic) bond motifs is 2. The van der Waals surface area contributed by atoms with Gasteiger partial charge in [0.25, 0.3) is 0 Å². The molecule has 1 N–H and O–H groups in total. The number of carbonyl (C=O) groups is 1. The zero-order chi connectivity index (χ0) is 25.4. The molecule has 2 aliphatic rings. The number of Topliss-reactive ketones (excluding diaryl/α,β-unsaturated/α-hetero) is 1. The average molecular weight is 661 g/mol. The monoisotopic (exact) mass is 661 g/mol. The van der Waals surface area contributed by atoms with Crippen molar-refractivity contribution >= 4 is 16.6 Å². The number of aliphatic hydroxyl groups excluding tert-OH is 1. The molecule has 0 amide bonds. The first-order valence-electron chi connectivity index (χ1n) is 12.9. The first-order valence-corrected chi connectivity index (χ1v) is 12.9. The van der Waals surface area contributed by atoms with Gasteiger partial charge in [0, 0.05) is 42.7 Å². The van der Waals surface area contributed by atoms with Crippen LogP contribution in [-0.4, -0.2) is 15.9 Å². The van der Waals surface area contributed by atoms with Crippen molar-refractivity contribution in [2.24, 2.45) is 16.7 Å². The standard InChI is InChI=1S/C18H16N.C14H22O2.Ir/c1-13(2)17-12-19-18(14-8-4-3-5-9-14)16-11-7-6-10-15(16)17;1-13(2)7-5-9-6-8-14(3,4)12(16)10(9)11(13)15;/h3-8,10-13H,1-2H3;9,15H,5-8H2,1-4H3;/q-1;;. The van der Waals surface area contributed by atoms with Gasteiger partial charge in [-0.1, -0.05) is 65.8 Å². The van der Waals surface area contributed by atoms with E-state index in [4.69, 9.17) is 0 Å². The number of aromatic nitrogens is 1. The van der Waals surface area contributed by atoms with Crippen LogP contribution in [0.2, 0.25) is 0 Å². The van der Waals surface area contributed by atoms with E-state index in [1.807, 2.05) is 52.1 Å². The number of allylic oxidation sites excluding steroid dienone is 2. The summed E-state index contributed by atoms with van der Waals surface area (Å²) in [5, 5.41) is 12.8. The van der Waals surface area contributed by atoms with E-state index in [1.54, 1.807) is 0 Å². The van der Waals surface area contributed by atoms with Crippen molar-refractivity contribution in [3.8, 4) is 11.3 Å². The molecule has 193 valence electrons. The Morgan fingerprint density at radius 1 is 0.944 bits per heavy atom. The van der Waals surface area contributed by atoms with E-state index < -0.39 is 0 Å². The Balaban J connectivity index is 0.000000198. The van der Waals surface area contributed by atoms with E-state index in [0.717, 1.165) is 42.5 Å². The Morgan fingerprint density at radius 3 is 2.17 bits per heavy atom. The fourth-order valence-corrected chi connectivity index (χ4v) is 5.38. The second kappa shape index (κ2) is 11.0. The zero-order valence-electron chi connectivity index (χ0n) is 22.3. The van der Waals surface area contributed by atoms with E-state index in [9.17, 15) is 9.90 Å². The molecule has 0 aliphatic heterocycles. The quantitative estimate of drug-likeness (QED) is 0.281. The maximum atomic E-state index is 12.4. The Hall–Kier alpha value is -2.29. The van der Waals surface area contributed by atoms with E-state index in [1.165, 1.54) is 16.3 Å². The van der Waals surface area contributed by atoms with Crippen LogP contribution in [0.1, 0.15) is 78.7 Å². The van der Waals surface area contributed by atoms with Crippen LogP contribution in [0.25, 0.3) is 22.0 Å². The third-order valence-corrected chi connectivity index (χ3v) is 7.81. The van der Waals surface area contributed by atoms with Crippen molar-refractivity contribution in [3.63, 3.8) is 0 Å². The van der Waals surface area contributed by atoms with Crippen LogP contribution in [0.5, 0.6) is 0 Å². The zero-order valence-corrected chi connectivity index (χ0v) is 24.7. The topological polar surface area (TPSA) is 50.2 Å². The summed E-state index contributed by atoms with van der Waals surface area (Å²) in [6.45, 7) is 12.5. The summed E-state index contributed by atoms with van der Waals surface area (Å²) in [4.78, 5) is 17.0. The number of ketones is 1. The Bertz CT molecular complexity index is 1260. The summed E-state index contributed by atoms with van der Waals surface area (Å²) in [5.74, 6) is 1.33. The van der Waals surface area contributed by atoms with E-state index >= 15 is 0 Å². The molecule has 1 fully saturated rings. The van der Waals surface area contributed by atoms with Crippen molar-refractivity contribution in [1.29, 1.82) is 0 Å². The predicted octanol–water partition coefficient (Wildman–Crippen LogP) is 8.45. The summed E-state index contributed by atoms with van der Waals surface area (Å²) in [5.41, 5.74) is 3.61. The SMILES string of the molecule is CC(C)c1cnc(-c2[c-]cccc2)c2ccccc12.CC1(C)CCC2CCC(C)(C)C(O)=C2C1=O.[Ir]. The fraction of sp³-hybridized carbons (Fsp3) is 0.438. The van der Waals surface area contributed by atoms with Crippen LogP contribution in [0, 0.1) is 22.8 Å². The smallest absolute Gasteiger partial charge is 0.168 e. The van der Waals surface area contributed by atoms with Crippen molar-refractivity contribution in [1.82, 2.24) is 4.98 Å². The molecule has 1 radical (unpaired) electrons. The molecule has 2 aromatic carbocycles. The minimum Gasteiger partial charge on any atom is -0.511 e. The molecule has 1 aromatic heterocycles. The third kappa shape index (κ3) is 5.50. The van der Waals surface area contributed by atoms with Gasteiger partial charge in [0.1, 0.15) is 5.76 Å². The number of rotatable bonds is 2. The molecule has 0 saturated heterocycles. The number of aliphatic hydroxyl groups is 1. The number of pyridine rings is 1. The Labute approximate surface area is 229 Å². The van der Waals surface area contributed by atoms with Crippen LogP contribution < -0.4 is 0 Å². The van der Waals surface area contributed by atoms with Gasteiger partial charge in [-0.25, -0.2) is 0 Å². The molecule has 2 aliphatic carbocycles. The van der Waals surface area contributed by atoms with Gasteiger partial charge in [-0.2, -0.15) is 0 Å².